The first-order chi connectivity index (χ1) is 10.4. The van der Waals surface area contributed by atoms with Crippen molar-refractivity contribution < 1.29 is 9.47 Å². The molecule has 114 valence electrons. The predicted molar refractivity (Wildman–Crippen MR) is 86.2 cm³/mol. The molecule has 0 aliphatic heterocycles. The van der Waals surface area contributed by atoms with Crippen molar-refractivity contribution in [3.63, 3.8) is 0 Å². The molecule has 0 amide bonds. The molecule has 2 aromatic rings. The van der Waals surface area contributed by atoms with Crippen molar-refractivity contribution in [1.82, 2.24) is 4.98 Å². The fraction of sp³-hybridized carbons (Fsp3) is 0.333. The fourth-order valence-electron chi connectivity index (χ4n) is 2.16. The first-order valence-corrected chi connectivity index (χ1v) is 7.03. The lowest BCUT2D eigenvalue weighted by Crippen LogP contribution is -2.13. The molecule has 0 bridgehead atoms. The maximum Gasteiger partial charge on any atom is 0.123 e. The molecule has 0 saturated heterocycles. The highest BCUT2D eigenvalue weighted by atomic mass is 16.5. The Morgan fingerprint density at radius 1 is 1.00 bits per heavy atom. The van der Waals surface area contributed by atoms with E-state index in [2.05, 4.69) is 31.8 Å². The second-order valence-corrected chi connectivity index (χ2v) is 6.08. The molecule has 4 nitrogen and oxygen atoms in total. The first kappa shape index (κ1) is 15.8. The van der Waals surface area contributed by atoms with Crippen LogP contribution in [0.5, 0.6) is 11.5 Å². The van der Waals surface area contributed by atoms with Crippen LogP contribution in [0.3, 0.4) is 0 Å². The van der Waals surface area contributed by atoms with Crippen molar-refractivity contribution in [2.45, 2.75) is 26.2 Å². The van der Waals surface area contributed by atoms with Gasteiger partial charge < -0.3 is 9.47 Å². The monoisotopic (exact) mass is 296 g/mol. The second kappa shape index (κ2) is 6.07. The highest BCUT2D eigenvalue weighted by Crippen LogP contribution is 2.33. The Kier molecular flexibility index (Phi) is 4.37. The molecule has 0 aliphatic rings. The molecule has 0 N–H and O–H groups in total. The lowest BCUT2D eigenvalue weighted by Gasteiger charge is -2.19. The third-order valence-corrected chi connectivity index (χ3v) is 3.46. The molecule has 4 heteroatoms. The summed E-state index contributed by atoms with van der Waals surface area (Å²) in [7, 11) is 3.22. The number of hydrogen-bond acceptors (Lipinski definition) is 4. The summed E-state index contributed by atoms with van der Waals surface area (Å²) in [6.45, 7) is 6.28. The summed E-state index contributed by atoms with van der Waals surface area (Å²) in [6, 6.07) is 9.76. The van der Waals surface area contributed by atoms with E-state index in [-0.39, 0.29) is 5.41 Å². The topological polar surface area (TPSA) is 55.1 Å². The summed E-state index contributed by atoms with van der Waals surface area (Å²) >= 11 is 0. The highest BCUT2D eigenvalue weighted by Gasteiger charge is 2.18. The number of rotatable bonds is 3. The van der Waals surface area contributed by atoms with E-state index in [4.69, 9.17) is 9.47 Å². The van der Waals surface area contributed by atoms with Crippen LogP contribution in [-0.2, 0) is 5.41 Å². The number of benzene rings is 1. The van der Waals surface area contributed by atoms with Crippen molar-refractivity contribution >= 4 is 0 Å². The Morgan fingerprint density at radius 3 is 2.05 bits per heavy atom. The van der Waals surface area contributed by atoms with Crippen LogP contribution in [0, 0.1) is 11.3 Å². The van der Waals surface area contributed by atoms with Crippen LogP contribution in [-0.4, -0.2) is 19.2 Å². The highest BCUT2D eigenvalue weighted by molar-refractivity contribution is 5.73. The van der Waals surface area contributed by atoms with Gasteiger partial charge in [0.15, 0.2) is 0 Å². The third-order valence-electron chi connectivity index (χ3n) is 3.46. The van der Waals surface area contributed by atoms with Crippen molar-refractivity contribution in [1.29, 1.82) is 5.26 Å². The van der Waals surface area contributed by atoms with E-state index in [0.717, 1.165) is 16.8 Å². The zero-order valence-corrected chi connectivity index (χ0v) is 13.6. The SMILES string of the molecule is COc1cc(OC)cc(-c2cc(C(C)(C)C)ncc2C#N)c1. The number of hydrogen-bond donors (Lipinski definition) is 0. The average Bonchev–Trinajstić information content (AvgIpc) is 2.52. The maximum absolute atomic E-state index is 9.37. The van der Waals surface area contributed by atoms with E-state index in [1.54, 1.807) is 26.5 Å². The molecule has 0 atom stereocenters. The smallest absolute Gasteiger partial charge is 0.123 e. The predicted octanol–water partition coefficient (Wildman–Crippen LogP) is 3.93. The summed E-state index contributed by atoms with van der Waals surface area (Å²) in [6.07, 6.45) is 1.63. The molecule has 1 aromatic carbocycles. The third kappa shape index (κ3) is 3.20. The number of pyridine rings is 1. The first-order valence-electron chi connectivity index (χ1n) is 7.03. The van der Waals surface area contributed by atoms with Gasteiger partial charge in [0.1, 0.15) is 17.6 Å². The van der Waals surface area contributed by atoms with Crippen molar-refractivity contribution in [3.05, 3.63) is 41.7 Å². The van der Waals surface area contributed by atoms with Gasteiger partial charge in [-0.3, -0.25) is 4.98 Å². The average molecular weight is 296 g/mol. The number of ether oxygens (including phenoxy) is 2. The van der Waals surface area contributed by atoms with Crippen LogP contribution in [0.25, 0.3) is 11.1 Å². The van der Waals surface area contributed by atoms with Crippen molar-refractivity contribution in [3.8, 4) is 28.7 Å². The maximum atomic E-state index is 9.37. The molecule has 0 radical (unpaired) electrons. The summed E-state index contributed by atoms with van der Waals surface area (Å²) in [5.41, 5.74) is 3.08. The molecule has 2 rings (SSSR count). The Bertz CT molecular complexity index is 703. The Balaban J connectivity index is 2.67. The molecule has 0 fully saturated rings. The Hall–Kier alpha value is -2.54. The van der Waals surface area contributed by atoms with E-state index in [9.17, 15) is 5.26 Å². The molecule has 1 heterocycles. The lowest BCUT2D eigenvalue weighted by molar-refractivity contribution is 0.394. The largest absolute Gasteiger partial charge is 0.497 e. The quantitative estimate of drug-likeness (QED) is 0.861. The van der Waals surface area contributed by atoms with E-state index < -0.39 is 0 Å². The summed E-state index contributed by atoms with van der Waals surface area (Å²) < 4.78 is 10.6. The number of nitrogens with zero attached hydrogens (tertiary/aromatic N) is 2. The van der Waals surface area contributed by atoms with Gasteiger partial charge in [-0.1, -0.05) is 20.8 Å². The van der Waals surface area contributed by atoms with E-state index in [1.807, 2.05) is 18.2 Å². The van der Waals surface area contributed by atoms with Crippen LogP contribution in [0.15, 0.2) is 30.5 Å². The van der Waals surface area contributed by atoms with Gasteiger partial charge >= 0.3 is 0 Å². The molecular formula is C18H20N2O2. The zero-order chi connectivity index (χ0) is 16.3. The van der Waals surface area contributed by atoms with Crippen LogP contribution in [0.4, 0.5) is 0 Å². The molecule has 0 aliphatic carbocycles. The number of aromatic nitrogens is 1. The molecule has 1 aromatic heterocycles. The molecule has 22 heavy (non-hydrogen) atoms. The van der Waals surface area contributed by atoms with Crippen LogP contribution in [0.1, 0.15) is 32.0 Å². The Labute approximate surface area is 131 Å². The van der Waals surface area contributed by atoms with Gasteiger partial charge in [-0.25, -0.2) is 0 Å². The van der Waals surface area contributed by atoms with Crippen molar-refractivity contribution in [2.24, 2.45) is 0 Å². The summed E-state index contributed by atoms with van der Waals surface area (Å²) in [5.74, 6) is 1.37. The zero-order valence-electron chi connectivity index (χ0n) is 13.6. The lowest BCUT2D eigenvalue weighted by atomic mass is 9.89. The van der Waals surface area contributed by atoms with Gasteiger partial charge in [0.05, 0.1) is 19.8 Å². The normalized spacial score (nSPS) is 10.9. The van der Waals surface area contributed by atoms with Crippen LogP contribution in [0.2, 0.25) is 0 Å². The van der Waals surface area contributed by atoms with Gasteiger partial charge in [-0.05, 0) is 23.8 Å². The minimum atomic E-state index is -0.0916. The Morgan fingerprint density at radius 2 is 1.59 bits per heavy atom. The van der Waals surface area contributed by atoms with Gasteiger partial charge in [-0.15, -0.1) is 0 Å². The minimum absolute atomic E-state index is 0.0916. The standard InChI is InChI=1S/C18H20N2O2/c1-18(2,3)17-9-16(13(10-19)11-20-17)12-6-14(21-4)8-15(7-12)22-5/h6-9,11H,1-5H3. The van der Waals surface area contributed by atoms with Gasteiger partial charge in [0.2, 0.25) is 0 Å². The summed E-state index contributed by atoms with van der Waals surface area (Å²) in [4.78, 5) is 4.41. The fourth-order valence-corrected chi connectivity index (χ4v) is 2.16. The van der Waals surface area contributed by atoms with E-state index in [0.29, 0.717) is 17.1 Å². The molecule has 0 saturated carbocycles. The molecular weight excluding hydrogens is 276 g/mol. The van der Waals surface area contributed by atoms with Gasteiger partial charge in [0.25, 0.3) is 0 Å². The second-order valence-electron chi connectivity index (χ2n) is 6.08. The van der Waals surface area contributed by atoms with Crippen LogP contribution < -0.4 is 9.47 Å². The number of methoxy groups -OCH3 is 2. The minimum Gasteiger partial charge on any atom is -0.497 e. The van der Waals surface area contributed by atoms with Crippen LogP contribution >= 0.6 is 0 Å². The number of nitriles is 1. The molecule has 0 unspecified atom stereocenters. The van der Waals surface area contributed by atoms with Gasteiger partial charge in [0, 0.05) is 28.9 Å². The van der Waals surface area contributed by atoms with E-state index in [1.165, 1.54) is 0 Å². The van der Waals surface area contributed by atoms with Gasteiger partial charge in [-0.2, -0.15) is 5.26 Å². The van der Waals surface area contributed by atoms with Crippen molar-refractivity contribution in [2.75, 3.05) is 14.2 Å². The molecule has 0 spiro atoms. The summed E-state index contributed by atoms with van der Waals surface area (Å²) in [5, 5.41) is 9.37. The van der Waals surface area contributed by atoms with E-state index >= 15 is 0 Å².